The van der Waals surface area contributed by atoms with Crippen molar-refractivity contribution in [3.05, 3.63) is 89.8 Å². The Morgan fingerprint density at radius 2 is 2.04 bits per heavy atom. The van der Waals surface area contributed by atoms with Crippen LogP contribution in [0.25, 0.3) is 11.1 Å². The van der Waals surface area contributed by atoms with Crippen LogP contribution >= 0.6 is 0 Å². The van der Waals surface area contributed by atoms with E-state index < -0.39 is 5.82 Å². The van der Waals surface area contributed by atoms with Crippen molar-refractivity contribution in [1.82, 2.24) is 0 Å². The number of aliphatic imine (C=N–C) groups is 2. The van der Waals surface area contributed by atoms with Gasteiger partial charge in [-0.05, 0) is 43.8 Å². The predicted molar refractivity (Wildman–Crippen MR) is 111 cm³/mol. The van der Waals surface area contributed by atoms with Crippen molar-refractivity contribution in [2.45, 2.75) is 13.8 Å². The minimum absolute atomic E-state index is 0.186. The van der Waals surface area contributed by atoms with Gasteiger partial charge < -0.3 is 0 Å². The van der Waals surface area contributed by atoms with E-state index in [4.69, 9.17) is 5.26 Å². The summed E-state index contributed by atoms with van der Waals surface area (Å²) in [5.41, 5.74) is 2.95. The Kier molecular flexibility index (Phi) is 6.73. The Morgan fingerprint density at radius 3 is 2.67 bits per heavy atom. The van der Waals surface area contributed by atoms with Crippen molar-refractivity contribution >= 4 is 18.2 Å². The second-order valence-electron chi connectivity index (χ2n) is 5.73. The van der Waals surface area contributed by atoms with Gasteiger partial charge in [0.25, 0.3) is 0 Å². The molecule has 4 heteroatoms. The molecule has 0 bridgehead atoms. The number of nitriles is 1. The molecule has 0 aliphatic heterocycles. The molecule has 0 atom stereocenters. The molecule has 0 spiro atoms. The van der Waals surface area contributed by atoms with Gasteiger partial charge in [-0.25, -0.2) is 14.4 Å². The second kappa shape index (κ2) is 9.21. The molecule has 0 radical (unpaired) electrons. The fourth-order valence-electron chi connectivity index (χ4n) is 2.51. The van der Waals surface area contributed by atoms with Crippen molar-refractivity contribution < 1.29 is 4.39 Å². The topological polar surface area (TPSA) is 48.5 Å². The zero-order chi connectivity index (χ0) is 19.8. The number of benzene rings is 2. The Balaban J connectivity index is 2.65. The molecule has 0 heterocycles. The van der Waals surface area contributed by atoms with Crippen LogP contribution in [-0.4, -0.2) is 12.6 Å². The van der Waals surface area contributed by atoms with Crippen molar-refractivity contribution in [2.24, 2.45) is 9.98 Å². The summed E-state index contributed by atoms with van der Waals surface area (Å²) in [5, 5.41) is 9.08. The monoisotopic (exact) mass is 357 g/mol. The van der Waals surface area contributed by atoms with Gasteiger partial charge in [-0.15, -0.1) is 0 Å². The molecule has 2 rings (SSSR count). The normalized spacial score (nSPS) is 12.1. The van der Waals surface area contributed by atoms with Crippen molar-refractivity contribution in [1.29, 1.82) is 5.26 Å². The minimum Gasteiger partial charge on any atom is -0.245 e. The van der Waals surface area contributed by atoms with E-state index in [1.54, 1.807) is 55.5 Å². The molecule has 3 nitrogen and oxygen atoms in total. The van der Waals surface area contributed by atoms with Crippen LogP contribution in [-0.2, 0) is 0 Å². The molecular formula is C23H20FN3. The van der Waals surface area contributed by atoms with Crippen molar-refractivity contribution in [2.75, 3.05) is 0 Å². The first-order valence-electron chi connectivity index (χ1n) is 8.36. The fourth-order valence-corrected chi connectivity index (χ4v) is 2.51. The first kappa shape index (κ1) is 19.7. The molecule has 0 fully saturated rings. The van der Waals surface area contributed by atoms with Gasteiger partial charge in [0.05, 0.1) is 11.6 Å². The first-order valence-corrected chi connectivity index (χ1v) is 8.36. The molecule has 0 aliphatic carbocycles. The number of nitrogens with zero attached hydrogens (tertiary/aromatic N) is 3. The van der Waals surface area contributed by atoms with Gasteiger partial charge >= 0.3 is 0 Å². The first-order chi connectivity index (χ1) is 13.0. The Bertz CT molecular complexity index is 1000. The summed E-state index contributed by atoms with van der Waals surface area (Å²) in [6.07, 6.45) is 7.07. The number of allylic oxidation sites excluding steroid dienone is 3. The zero-order valence-corrected chi connectivity index (χ0v) is 15.4. The standard InChI is InChI=1S/C23H20FN3/c1-5-7-10-18(6-2)23(26-4)27-22-16(3)12-13-20(21(22)24)19-11-8-9-17(14-19)15-25/h5-14H,2,4H2,1,3H3/b7-5-,18-10+,27-23?. The number of aryl methyl sites for hydroxylation is 1. The maximum absolute atomic E-state index is 15.3. The average molecular weight is 357 g/mol. The van der Waals surface area contributed by atoms with Crippen molar-refractivity contribution in [3.8, 4) is 17.2 Å². The van der Waals surface area contributed by atoms with Gasteiger partial charge in [-0.2, -0.15) is 5.26 Å². The molecule has 0 saturated heterocycles. The second-order valence-corrected chi connectivity index (χ2v) is 5.73. The van der Waals surface area contributed by atoms with Gasteiger partial charge in [0.15, 0.2) is 11.7 Å². The van der Waals surface area contributed by atoms with Crippen LogP contribution in [0.3, 0.4) is 0 Å². The summed E-state index contributed by atoms with van der Waals surface area (Å²) in [6.45, 7) is 11.0. The molecule has 0 aromatic heterocycles. The summed E-state index contributed by atoms with van der Waals surface area (Å²) >= 11 is 0. The van der Waals surface area contributed by atoms with Crippen LogP contribution in [0.4, 0.5) is 10.1 Å². The molecule has 27 heavy (non-hydrogen) atoms. The maximum Gasteiger partial charge on any atom is 0.159 e. The summed E-state index contributed by atoms with van der Waals surface area (Å²) < 4.78 is 15.3. The highest BCUT2D eigenvalue weighted by molar-refractivity contribution is 6.05. The lowest BCUT2D eigenvalue weighted by molar-refractivity contribution is 0.632. The summed E-state index contributed by atoms with van der Waals surface area (Å²) in [4.78, 5) is 8.34. The van der Waals surface area contributed by atoms with Crippen LogP contribution in [0, 0.1) is 24.1 Å². The molecule has 0 aliphatic rings. The van der Waals surface area contributed by atoms with E-state index >= 15 is 4.39 Å². The smallest absolute Gasteiger partial charge is 0.159 e. The highest BCUT2D eigenvalue weighted by atomic mass is 19.1. The molecule has 134 valence electrons. The Labute approximate surface area is 159 Å². The van der Waals surface area contributed by atoms with Crippen LogP contribution < -0.4 is 0 Å². The van der Waals surface area contributed by atoms with Gasteiger partial charge in [0, 0.05) is 11.1 Å². The van der Waals surface area contributed by atoms with Crippen LogP contribution in [0.1, 0.15) is 18.1 Å². The van der Waals surface area contributed by atoms with E-state index in [-0.39, 0.29) is 11.5 Å². The lowest BCUT2D eigenvalue weighted by Gasteiger charge is -2.10. The number of hydrogen-bond donors (Lipinski definition) is 0. The average Bonchev–Trinajstić information content (AvgIpc) is 2.69. The van der Waals surface area contributed by atoms with Crippen molar-refractivity contribution in [3.63, 3.8) is 0 Å². The number of halogens is 1. The third kappa shape index (κ3) is 4.53. The van der Waals surface area contributed by atoms with E-state index in [1.807, 2.05) is 19.1 Å². The van der Waals surface area contributed by atoms with E-state index in [9.17, 15) is 0 Å². The lowest BCUT2D eigenvalue weighted by atomic mass is 10.00. The SMILES string of the molecule is C=C/C(=C\C=C/C)C(N=C)=Nc1c(C)ccc(-c2cccc(C#N)c2)c1F. The van der Waals surface area contributed by atoms with Gasteiger partial charge in [-0.3, -0.25) is 0 Å². The Morgan fingerprint density at radius 1 is 1.26 bits per heavy atom. The van der Waals surface area contributed by atoms with E-state index in [0.717, 1.165) is 0 Å². The lowest BCUT2D eigenvalue weighted by Crippen LogP contribution is -1.98. The molecule has 2 aromatic rings. The molecule has 0 N–H and O–H groups in total. The van der Waals surface area contributed by atoms with Gasteiger partial charge in [0.1, 0.15) is 5.69 Å². The van der Waals surface area contributed by atoms with E-state index in [2.05, 4.69) is 29.4 Å². The molecule has 0 unspecified atom stereocenters. The van der Waals surface area contributed by atoms with E-state index in [0.29, 0.717) is 27.8 Å². The molecule has 0 saturated carbocycles. The molecule has 0 amide bonds. The van der Waals surface area contributed by atoms with Gasteiger partial charge in [0.2, 0.25) is 0 Å². The summed E-state index contributed by atoms with van der Waals surface area (Å²) in [5.74, 6) is -0.186. The number of amidine groups is 1. The maximum atomic E-state index is 15.3. The number of rotatable bonds is 5. The third-order valence-electron chi connectivity index (χ3n) is 3.93. The molecule has 2 aromatic carbocycles. The predicted octanol–water partition coefficient (Wildman–Crippen LogP) is 6.09. The summed E-state index contributed by atoms with van der Waals surface area (Å²) in [6, 6.07) is 12.4. The highest BCUT2D eigenvalue weighted by Gasteiger charge is 2.14. The largest absolute Gasteiger partial charge is 0.245 e. The quantitative estimate of drug-likeness (QED) is 0.363. The fraction of sp³-hybridized carbons (Fsp3) is 0.0870. The molecular weight excluding hydrogens is 337 g/mol. The third-order valence-corrected chi connectivity index (χ3v) is 3.93. The van der Waals surface area contributed by atoms with Crippen LogP contribution in [0.5, 0.6) is 0 Å². The minimum atomic E-state index is -0.472. The van der Waals surface area contributed by atoms with Crippen LogP contribution in [0.15, 0.2) is 82.8 Å². The number of hydrogen-bond acceptors (Lipinski definition) is 2. The van der Waals surface area contributed by atoms with Gasteiger partial charge in [-0.1, -0.05) is 55.1 Å². The van der Waals surface area contributed by atoms with Crippen LogP contribution in [0.2, 0.25) is 0 Å². The Hall–Kier alpha value is -3.58. The summed E-state index contributed by atoms with van der Waals surface area (Å²) in [7, 11) is 0. The van der Waals surface area contributed by atoms with E-state index in [1.165, 1.54) is 0 Å². The zero-order valence-electron chi connectivity index (χ0n) is 15.4. The highest BCUT2D eigenvalue weighted by Crippen LogP contribution is 2.33.